The van der Waals surface area contributed by atoms with Crippen LogP contribution in [0.2, 0.25) is 10.0 Å². The number of carbonyl (C=O) groups is 1. The fraction of sp³-hybridized carbons (Fsp3) is 0.242. The van der Waals surface area contributed by atoms with Crippen LogP contribution >= 0.6 is 34.5 Å². The summed E-state index contributed by atoms with van der Waals surface area (Å²) in [5.41, 5.74) is 2.77. The third kappa shape index (κ3) is 6.72. The summed E-state index contributed by atoms with van der Waals surface area (Å²) in [4.78, 5) is 32.4. The Morgan fingerprint density at radius 3 is 2.63 bits per heavy atom. The van der Waals surface area contributed by atoms with Crippen LogP contribution in [-0.2, 0) is 16.1 Å². The van der Waals surface area contributed by atoms with Gasteiger partial charge in [-0.15, -0.1) is 0 Å². The van der Waals surface area contributed by atoms with Crippen molar-refractivity contribution >= 4 is 46.6 Å². The van der Waals surface area contributed by atoms with Gasteiger partial charge in [0, 0.05) is 21.2 Å². The number of rotatable bonds is 9. The Balaban J connectivity index is 1.57. The lowest BCUT2D eigenvalue weighted by molar-refractivity contribution is -0.139. The second-order valence-electron chi connectivity index (χ2n) is 10.1. The molecule has 1 aliphatic heterocycles. The van der Waals surface area contributed by atoms with Crippen LogP contribution in [0.15, 0.2) is 87.8 Å². The summed E-state index contributed by atoms with van der Waals surface area (Å²) in [6, 6.07) is 19.3. The van der Waals surface area contributed by atoms with Crippen molar-refractivity contribution in [2.45, 2.75) is 46.4 Å². The van der Waals surface area contributed by atoms with E-state index in [4.69, 9.17) is 37.4 Å². The van der Waals surface area contributed by atoms with Crippen molar-refractivity contribution in [2.75, 3.05) is 6.61 Å². The molecular formula is C33H30Cl2N2O5S. The quantitative estimate of drug-likeness (QED) is 0.197. The van der Waals surface area contributed by atoms with Gasteiger partial charge in [-0.2, -0.15) is 0 Å². The van der Waals surface area contributed by atoms with Gasteiger partial charge in [0.15, 0.2) is 4.80 Å². The molecule has 1 atom stereocenters. The van der Waals surface area contributed by atoms with E-state index in [1.807, 2.05) is 68.4 Å². The number of hydrogen-bond acceptors (Lipinski definition) is 7. The molecule has 0 aliphatic carbocycles. The van der Waals surface area contributed by atoms with E-state index in [0.29, 0.717) is 47.7 Å². The van der Waals surface area contributed by atoms with E-state index >= 15 is 0 Å². The molecule has 2 heterocycles. The van der Waals surface area contributed by atoms with Crippen LogP contribution in [0.1, 0.15) is 50.4 Å². The fourth-order valence-electron chi connectivity index (χ4n) is 4.80. The van der Waals surface area contributed by atoms with Crippen molar-refractivity contribution in [1.29, 1.82) is 0 Å². The summed E-state index contributed by atoms with van der Waals surface area (Å²) in [6.45, 7) is 7.82. The number of allylic oxidation sites excluding steroid dienone is 1. The maximum atomic E-state index is 14.0. The number of thiazole rings is 1. The van der Waals surface area contributed by atoms with Gasteiger partial charge in [0.2, 0.25) is 0 Å². The Morgan fingerprint density at radius 2 is 1.88 bits per heavy atom. The van der Waals surface area contributed by atoms with Gasteiger partial charge in [0.1, 0.15) is 24.1 Å². The molecule has 1 aromatic heterocycles. The van der Waals surface area contributed by atoms with Crippen LogP contribution in [0.3, 0.4) is 0 Å². The predicted molar refractivity (Wildman–Crippen MR) is 170 cm³/mol. The van der Waals surface area contributed by atoms with Gasteiger partial charge < -0.3 is 14.2 Å². The molecule has 43 heavy (non-hydrogen) atoms. The van der Waals surface area contributed by atoms with Gasteiger partial charge in [0.25, 0.3) is 5.56 Å². The predicted octanol–water partition coefficient (Wildman–Crippen LogP) is 6.47. The summed E-state index contributed by atoms with van der Waals surface area (Å²) in [5.74, 6) is 0.679. The van der Waals surface area contributed by atoms with Crippen molar-refractivity contribution in [3.63, 3.8) is 0 Å². The average molecular weight is 638 g/mol. The lowest BCUT2D eigenvalue weighted by Gasteiger charge is -2.26. The SMILES string of the molecule is CCOC(=O)C1=C(C)N=c2s/c(=C\c3cccc(OCc4ccc(Cl)cc4Cl)c3)c(=O)n2[C@@H]1c1ccccc1OC(C)C. The van der Waals surface area contributed by atoms with Crippen molar-refractivity contribution in [3.05, 3.63) is 124 Å². The van der Waals surface area contributed by atoms with Crippen molar-refractivity contribution in [2.24, 2.45) is 4.99 Å². The van der Waals surface area contributed by atoms with Crippen LogP contribution in [0.4, 0.5) is 0 Å². The first kappa shape index (κ1) is 30.6. The molecule has 5 rings (SSSR count). The molecule has 4 aromatic rings. The molecule has 0 amide bonds. The number of esters is 1. The van der Waals surface area contributed by atoms with E-state index in [2.05, 4.69) is 4.99 Å². The van der Waals surface area contributed by atoms with Crippen LogP contribution in [-0.4, -0.2) is 23.2 Å². The molecule has 10 heteroatoms. The number of fused-ring (bicyclic) bond motifs is 1. The second-order valence-corrected chi connectivity index (χ2v) is 12.0. The summed E-state index contributed by atoms with van der Waals surface area (Å²) in [7, 11) is 0. The molecule has 1 aliphatic rings. The zero-order chi connectivity index (χ0) is 30.7. The summed E-state index contributed by atoms with van der Waals surface area (Å²) >= 11 is 13.6. The van der Waals surface area contributed by atoms with Gasteiger partial charge in [-0.25, -0.2) is 9.79 Å². The third-order valence-electron chi connectivity index (χ3n) is 6.66. The molecule has 3 aromatic carbocycles. The molecule has 0 spiro atoms. The maximum Gasteiger partial charge on any atom is 0.338 e. The first-order valence-corrected chi connectivity index (χ1v) is 15.4. The highest BCUT2D eigenvalue weighted by Crippen LogP contribution is 2.36. The lowest BCUT2D eigenvalue weighted by Crippen LogP contribution is -2.40. The summed E-state index contributed by atoms with van der Waals surface area (Å²) in [6.07, 6.45) is 1.68. The Kier molecular flexibility index (Phi) is 9.40. The van der Waals surface area contributed by atoms with Crippen LogP contribution in [0.25, 0.3) is 6.08 Å². The van der Waals surface area contributed by atoms with Gasteiger partial charge in [-0.3, -0.25) is 9.36 Å². The van der Waals surface area contributed by atoms with Crippen molar-refractivity contribution < 1.29 is 19.0 Å². The minimum absolute atomic E-state index is 0.113. The van der Waals surface area contributed by atoms with Crippen LogP contribution < -0.4 is 24.4 Å². The molecule has 7 nitrogen and oxygen atoms in total. The first-order valence-electron chi connectivity index (χ1n) is 13.8. The molecular weight excluding hydrogens is 607 g/mol. The third-order valence-corrected chi connectivity index (χ3v) is 8.23. The van der Waals surface area contributed by atoms with E-state index in [1.54, 1.807) is 36.6 Å². The van der Waals surface area contributed by atoms with Gasteiger partial charge in [-0.1, -0.05) is 70.9 Å². The van der Waals surface area contributed by atoms with E-state index in [0.717, 1.165) is 11.1 Å². The topological polar surface area (TPSA) is 79.1 Å². The largest absolute Gasteiger partial charge is 0.491 e. The smallest absolute Gasteiger partial charge is 0.338 e. The van der Waals surface area contributed by atoms with Gasteiger partial charge in [0.05, 0.1) is 28.5 Å². The highest BCUT2D eigenvalue weighted by atomic mass is 35.5. The van der Waals surface area contributed by atoms with E-state index in [1.165, 1.54) is 11.3 Å². The molecule has 222 valence electrons. The van der Waals surface area contributed by atoms with Crippen LogP contribution in [0.5, 0.6) is 11.5 Å². The molecule has 0 bridgehead atoms. The number of hydrogen-bond donors (Lipinski definition) is 0. The van der Waals surface area contributed by atoms with Crippen molar-refractivity contribution in [1.82, 2.24) is 4.57 Å². The minimum atomic E-state index is -0.772. The number of carbonyl (C=O) groups excluding carboxylic acids is 1. The Bertz CT molecular complexity index is 1890. The standard InChI is InChI=1S/C33H30Cl2N2O5S/c1-5-40-32(39)29-20(4)36-33-37(30(29)25-11-6-7-12-27(25)42-19(2)3)31(38)28(43-33)16-21-9-8-10-24(15-21)41-18-22-13-14-23(34)17-26(22)35/h6-17,19,30H,5,18H2,1-4H3/b28-16-/t30-/m1/s1. The second kappa shape index (κ2) is 13.2. The number of para-hydroxylation sites is 1. The number of nitrogens with zero attached hydrogens (tertiary/aromatic N) is 2. The average Bonchev–Trinajstić information content (AvgIpc) is 3.26. The summed E-state index contributed by atoms with van der Waals surface area (Å²) < 4.78 is 19.5. The normalized spacial score (nSPS) is 14.9. The minimum Gasteiger partial charge on any atom is -0.491 e. The van der Waals surface area contributed by atoms with E-state index in [9.17, 15) is 9.59 Å². The number of aromatic nitrogens is 1. The molecule has 0 saturated carbocycles. The Hall–Kier alpha value is -3.85. The number of ether oxygens (including phenoxy) is 3. The first-order chi connectivity index (χ1) is 20.7. The molecule has 0 fully saturated rings. The van der Waals surface area contributed by atoms with Gasteiger partial charge >= 0.3 is 5.97 Å². The number of benzene rings is 3. The molecule has 0 saturated heterocycles. The maximum absolute atomic E-state index is 14.0. The Morgan fingerprint density at radius 1 is 1.09 bits per heavy atom. The zero-order valence-electron chi connectivity index (χ0n) is 24.1. The highest BCUT2D eigenvalue weighted by molar-refractivity contribution is 7.07. The molecule has 0 radical (unpaired) electrons. The van der Waals surface area contributed by atoms with E-state index < -0.39 is 12.0 Å². The highest BCUT2D eigenvalue weighted by Gasteiger charge is 2.35. The van der Waals surface area contributed by atoms with Crippen LogP contribution in [0, 0.1) is 0 Å². The molecule has 0 N–H and O–H groups in total. The fourth-order valence-corrected chi connectivity index (χ4v) is 6.31. The lowest BCUT2D eigenvalue weighted by atomic mass is 9.95. The van der Waals surface area contributed by atoms with Gasteiger partial charge in [-0.05, 0) is 69.7 Å². The zero-order valence-corrected chi connectivity index (χ0v) is 26.4. The summed E-state index contributed by atoms with van der Waals surface area (Å²) in [5, 5.41) is 1.08. The monoisotopic (exact) mass is 636 g/mol. The Labute approximate surface area is 263 Å². The van der Waals surface area contributed by atoms with Crippen molar-refractivity contribution in [3.8, 4) is 11.5 Å². The number of halogens is 2. The van der Waals surface area contributed by atoms with E-state index in [-0.39, 0.29) is 24.9 Å². The molecule has 0 unspecified atom stereocenters.